The van der Waals surface area contributed by atoms with Crippen molar-refractivity contribution in [1.29, 1.82) is 0 Å². The van der Waals surface area contributed by atoms with Crippen molar-refractivity contribution < 1.29 is 46.5 Å². The van der Waals surface area contributed by atoms with E-state index < -0.39 is 36.0 Å². The highest BCUT2D eigenvalue weighted by Crippen LogP contribution is 2.35. The molecule has 0 saturated heterocycles. The van der Waals surface area contributed by atoms with Gasteiger partial charge in [0.25, 0.3) is 0 Å². The molecule has 1 aliphatic rings. The third-order valence-corrected chi connectivity index (χ3v) is 6.19. The minimum absolute atomic E-state index is 0.219. The lowest BCUT2D eigenvalue weighted by Crippen LogP contribution is -2.45. The van der Waals surface area contributed by atoms with Crippen molar-refractivity contribution in [3.8, 4) is 22.8 Å². The Bertz CT molecular complexity index is 1530. The first-order valence-electron chi connectivity index (χ1n) is 13.0. The Morgan fingerprint density at radius 3 is 2.67 bits per heavy atom. The zero-order valence-electron chi connectivity index (χ0n) is 23.3. The van der Waals surface area contributed by atoms with Gasteiger partial charge in [0, 0.05) is 11.3 Å². The van der Waals surface area contributed by atoms with Crippen LogP contribution in [0.3, 0.4) is 0 Å². The Labute approximate surface area is 244 Å². The van der Waals surface area contributed by atoms with Crippen molar-refractivity contribution in [2.24, 2.45) is 5.10 Å². The average Bonchev–Trinajstić information content (AvgIpc) is 3.44. The number of hydrazone groups is 1. The Morgan fingerprint density at radius 2 is 1.95 bits per heavy atom. The molecule has 1 aromatic heterocycles. The molecule has 2 heterocycles. The Balaban J connectivity index is 1.39. The third-order valence-electron chi connectivity index (χ3n) is 6.19. The number of aliphatic hydroxyl groups is 1. The van der Waals surface area contributed by atoms with E-state index in [0.29, 0.717) is 17.0 Å². The van der Waals surface area contributed by atoms with Crippen molar-refractivity contribution in [2.45, 2.75) is 32.3 Å². The van der Waals surface area contributed by atoms with Crippen LogP contribution >= 0.6 is 0 Å². The second kappa shape index (κ2) is 13.3. The number of allylic oxidation sites excluding steroid dienone is 1. The summed E-state index contributed by atoms with van der Waals surface area (Å²) in [5, 5.41) is 19.4. The molecule has 4 rings (SSSR count). The number of hydrogen-bond donors (Lipinski definition) is 4. The molecule has 3 aromatic rings. The van der Waals surface area contributed by atoms with Crippen LogP contribution < -0.4 is 25.5 Å². The lowest BCUT2D eigenvalue weighted by Gasteiger charge is -2.28. The van der Waals surface area contributed by atoms with E-state index in [1.807, 2.05) is 0 Å². The van der Waals surface area contributed by atoms with Gasteiger partial charge in [-0.15, -0.1) is 0 Å². The van der Waals surface area contributed by atoms with Crippen LogP contribution in [0, 0.1) is 0 Å². The largest absolute Gasteiger partial charge is 0.490 e. The molecule has 2 aromatic carbocycles. The third kappa shape index (κ3) is 7.65. The molecule has 0 spiro atoms. The molecule has 0 saturated carbocycles. The summed E-state index contributed by atoms with van der Waals surface area (Å²) >= 11 is 0. The Morgan fingerprint density at radius 1 is 1.16 bits per heavy atom. The Kier molecular flexibility index (Phi) is 9.60. The summed E-state index contributed by atoms with van der Waals surface area (Å²) < 4.78 is 60.8. The number of urea groups is 1. The maximum atomic E-state index is 13.0. The maximum absolute atomic E-state index is 13.0. The van der Waals surface area contributed by atoms with E-state index in [2.05, 4.69) is 21.2 Å². The summed E-state index contributed by atoms with van der Waals surface area (Å²) in [5.74, 6) is 0.444. The molecule has 2 atom stereocenters. The van der Waals surface area contributed by atoms with Crippen LogP contribution in [0.25, 0.3) is 11.3 Å². The fourth-order valence-corrected chi connectivity index (χ4v) is 4.24. The molecule has 43 heavy (non-hydrogen) atoms. The second-order valence-corrected chi connectivity index (χ2v) is 9.20. The minimum Gasteiger partial charge on any atom is -0.490 e. The highest BCUT2D eigenvalue weighted by molar-refractivity contribution is 5.95. The maximum Gasteiger partial charge on any atom is 0.416 e. The van der Waals surface area contributed by atoms with Crippen molar-refractivity contribution in [3.63, 3.8) is 0 Å². The number of aliphatic hydroxyl groups excluding tert-OH is 1. The summed E-state index contributed by atoms with van der Waals surface area (Å²) in [4.78, 5) is 24.5. The summed E-state index contributed by atoms with van der Waals surface area (Å²) in [6.45, 7) is 3.40. The van der Waals surface area contributed by atoms with E-state index in [4.69, 9.17) is 18.6 Å². The lowest BCUT2D eigenvalue weighted by atomic mass is 9.95. The molecule has 0 bridgehead atoms. The van der Waals surface area contributed by atoms with E-state index >= 15 is 0 Å². The quantitative estimate of drug-likeness (QED) is 0.109. The van der Waals surface area contributed by atoms with Crippen LogP contribution in [0.4, 0.5) is 18.0 Å². The van der Waals surface area contributed by atoms with Crippen molar-refractivity contribution >= 4 is 18.2 Å². The zero-order valence-corrected chi connectivity index (χ0v) is 23.3. The molecule has 2 amide bonds. The first-order chi connectivity index (χ1) is 20.5. The Hall–Kier alpha value is -4.98. The molecular weight excluding hydrogens is 573 g/mol. The number of halogens is 3. The number of methoxy groups -OCH3 is 1. The normalized spacial score (nSPS) is 16.0. The monoisotopic (exact) mass is 602 g/mol. The zero-order chi connectivity index (χ0) is 31.1. The van der Waals surface area contributed by atoms with Gasteiger partial charge in [-0.3, -0.25) is 5.43 Å². The van der Waals surface area contributed by atoms with Crippen LogP contribution in [0.15, 0.2) is 75.4 Å². The summed E-state index contributed by atoms with van der Waals surface area (Å²) in [5.41, 5.74) is 3.05. The number of furan rings is 1. The number of rotatable bonds is 11. The fraction of sp³-hybridized carbons (Fsp3) is 0.276. The molecule has 0 aliphatic carbocycles. The van der Waals surface area contributed by atoms with Crippen LogP contribution in [0.5, 0.6) is 11.5 Å². The van der Waals surface area contributed by atoms with Gasteiger partial charge in [-0.25, -0.2) is 9.59 Å². The van der Waals surface area contributed by atoms with Gasteiger partial charge in [0.1, 0.15) is 18.1 Å². The smallest absolute Gasteiger partial charge is 0.416 e. The number of benzene rings is 2. The summed E-state index contributed by atoms with van der Waals surface area (Å²) in [6.07, 6.45) is -4.48. The fourth-order valence-electron chi connectivity index (χ4n) is 4.24. The molecule has 0 fully saturated rings. The van der Waals surface area contributed by atoms with E-state index in [0.717, 1.165) is 12.1 Å². The number of ether oxygens (including phenoxy) is 3. The van der Waals surface area contributed by atoms with Gasteiger partial charge in [0.2, 0.25) is 0 Å². The van der Waals surface area contributed by atoms with Crippen LogP contribution in [-0.2, 0) is 15.7 Å². The van der Waals surface area contributed by atoms with Gasteiger partial charge in [-0.05, 0) is 55.8 Å². The number of carbonyl (C=O) groups is 2. The van der Waals surface area contributed by atoms with Gasteiger partial charge >= 0.3 is 18.2 Å². The standard InChI is InChI=1S/C29H29F3N4O7/c1-4-41-23-13-18(26-25(27(38)40-3)16(2)34-28(39)35-26)8-10-22(23)42-15-24(37)36-33-14-20-9-11-21(43-20)17-6-5-7-19(12-17)29(30,31)32/h5-14,24,26,36-37H,4,15H2,1-3H3,(H2,34,35,39)/b33-14+/t24-,26+/m1/s1. The predicted octanol–water partition coefficient (Wildman–Crippen LogP) is 4.49. The molecule has 4 N–H and O–H groups in total. The summed E-state index contributed by atoms with van der Waals surface area (Å²) in [7, 11) is 1.24. The number of esters is 1. The average molecular weight is 603 g/mol. The van der Waals surface area contributed by atoms with Crippen LogP contribution in [0.2, 0.25) is 0 Å². The van der Waals surface area contributed by atoms with Crippen LogP contribution in [0.1, 0.15) is 36.8 Å². The van der Waals surface area contributed by atoms with E-state index in [9.17, 15) is 27.9 Å². The minimum atomic E-state index is -4.48. The SMILES string of the molecule is CCOc1cc([C@@H]2NC(=O)NC(C)=C2C(=O)OC)ccc1OC[C@@H](O)N/N=C/c1ccc(-c2cccc(C(F)(F)F)c2)o1. The number of amides is 2. The highest BCUT2D eigenvalue weighted by Gasteiger charge is 2.33. The first-order valence-corrected chi connectivity index (χ1v) is 13.0. The van der Waals surface area contributed by atoms with E-state index in [1.54, 1.807) is 32.0 Å². The van der Waals surface area contributed by atoms with Gasteiger partial charge < -0.3 is 34.4 Å². The van der Waals surface area contributed by atoms with E-state index in [1.165, 1.54) is 37.6 Å². The first kappa shape index (κ1) is 31.0. The van der Waals surface area contributed by atoms with Gasteiger partial charge in [-0.1, -0.05) is 18.2 Å². The number of carbonyl (C=O) groups excluding carboxylic acids is 2. The summed E-state index contributed by atoms with van der Waals surface area (Å²) in [6, 6.07) is 11.3. The molecule has 0 radical (unpaired) electrons. The number of nitrogens with zero attached hydrogens (tertiary/aromatic N) is 1. The number of nitrogens with one attached hydrogen (secondary N) is 3. The molecule has 14 heteroatoms. The van der Waals surface area contributed by atoms with Gasteiger partial charge in [0.15, 0.2) is 17.7 Å². The van der Waals surface area contributed by atoms with Gasteiger partial charge in [0.05, 0.1) is 37.1 Å². The van der Waals surface area contributed by atoms with E-state index in [-0.39, 0.29) is 41.6 Å². The van der Waals surface area contributed by atoms with Crippen molar-refractivity contribution in [1.82, 2.24) is 16.1 Å². The molecule has 228 valence electrons. The van der Waals surface area contributed by atoms with Crippen molar-refractivity contribution in [3.05, 3.63) is 82.8 Å². The number of hydrogen-bond acceptors (Lipinski definition) is 9. The van der Waals surface area contributed by atoms with Crippen molar-refractivity contribution in [2.75, 3.05) is 20.3 Å². The predicted molar refractivity (Wildman–Crippen MR) is 148 cm³/mol. The molecule has 0 unspecified atom stereocenters. The molecule has 1 aliphatic heterocycles. The second-order valence-electron chi connectivity index (χ2n) is 9.20. The molecular formula is C29H29F3N4O7. The number of alkyl halides is 3. The van der Waals surface area contributed by atoms with Crippen LogP contribution in [-0.4, -0.2) is 49.9 Å². The lowest BCUT2D eigenvalue weighted by molar-refractivity contribution is -0.138. The highest BCUT2D eigenvalue weighted by atomic mass is 19.4. The van der Waals surface area contributed by atoms with Gasteiger partial charge in [-0.2, -0.15) is 18.3 Å². The molecule has 11 nitrogen and oxygen atoms in total. The topological polar surface area (TPSA) is 144 Å².